The Morgan fingerprint density at radius 3 is 3.11 bits per heavy atom. The van der Waals surface area contributed by atoms with E-state index in [1.54, 1.807) is 10.7 Å². The molecule has 2 atom stereocenters. The molecule has 0 unspecified atom stereocenters. The highest BCUT2D eigenvalue weighted by molar-refractivity contribution is 7.99. The molecule has 19 heavy (non-hydrogen) atoms. The van der Waals surface area contributed by atoms with Crippen LogP contribution in [0.25, 0.3) is 0 Å². The molecule has 0 spiro atoms. The lowest BCUT2D eigenvalue weighted by molar-refractivity contribution is 0.244. The van der Waals surface area contributed by atoms with Gasteiger partial charge in [-0.2, -0.15) is 16.9 Å². The van der Waals surface area contributed by atoms with Crippen molar-refractivity contribution in [3.63, 3.8) is 0 Å². The summed E-state index contributed by atoms with van der Waals surface area (Å²) in [6.45, 7) is 2.19. The average Bonchev–Trinajstić information content (AvgIpc) is 2.75. The smallest absolute Gasteiger partial charge is 0.320 e. The molecular weight excluding hydrogens is 260 g/mol. The second-order valence-electron chi connectivity index (χ2n) is 4.91. The Balaban J connectivity index is 1.78. The number of rotatable bonds is 4. The van der Waals surface area contributed by atoms with Crippen LogP contribution in [-0.2, 0) is 7.05 Å². The maximum Gasteiger partial charge on any atom is 0.320 e. The number of amides is 2. The van der Waals surface area contributed by atoms with Crippen LogP contribution >= 0.6 is 11.8 Å². The molecule has 1 saturated carbocycles. The van der Waals surface area contributed by atoms with Crippen LogP contribution in [0.2, 0.25) is 0 Å². The number of urea groups is 1. The van der Waals surface area contributed by atoms with E-state index in [2.05, 4.69) is 22.7 Å². The van der Waals surface area contributed by atoms with Gasteiger partial charge in [-0.15, -0.1) is 0 Å². The van der Waals surface area contributed by atoms with Crippen LogP contribution in [0.4, 0.5) is 10.6 Å². The average molecular weight is 282 g/mol. The number of nitrogens with zero attached hydrogens (tertiary/aromatic N) is 2. The summed E-state index contributed by atoms with van der Waals surface area (Å²) in [6.07, 6.45) is 6.44. The molecule has 1 aliphatic rings. The molecule has 1 heterocycles. The number of hydrogen-bond acceptors (Lipinski definition) is 3. The molecule has 1 aromatic rings. The lowest BCUT2D eigenvalue weighted by Gasteiger charge is -2.29. The normalized spacial score (nSPS) is 23.1. The number of thioether (sulfide) groups is 1. The Labute approximate surface area is 118 Å². The highest BCUT2D eigenvalue weighted by Gasteiger charge is 2.23. The predicted octanol–water partition coefficient (Wildman–Crippen LogP) is 2.61. The number of carbonyl (C=O) groups is 1. The summed E-state index contributed by atoms with van der Waals surface area (Å²) in [5.74, 6) is 1.74. The molecule has 0 aliphatic heterocycles. The van der Waals surface area contributed by atoms with Crippen LogP contribution in [0.3, 0.4) is 0 Å². The first-order valence-corrected chi connectivity index (χ1v) is 7.91. The van der Waals surface area contributed by atoms with Crippen molar-refractivity contribution in [2.24, 2.45) is 7.05 Å². The minimum atomic E-state index is -0.147. The molecule has 2 N–H and O–H groups in total. The van der Waals surface area contributed by atoms with Crippen LogP contribution in [-0.4, -0.2) is 32.9 Å². The van der Waals surface area contributed by atoms with Gasteiger partial charge >= 0.3 is 6.03 Å². The molecule has 0 radical (unpaired) electrons. The Morgan fingerprint density at radius 2 is 2.42 bits per heavy atom. The van der Waals surface area contributed by atoms with Crippen LogP contribution in [0.15, 0.2) is 12.3 Å². The van der Waals surface area contributed by atoms with E-state index in [1.807, 2.05) is 25.0 Å². The molecular formula is C13H22N4OS. The number of carbonyl (C=O) groups excluding carboxylic acids is 1. The molecule has 0 bridgehead atoms. The van der Waals surface area contributed by atoms with E-state index >= 15 is 0 Å². The van der Waals surface area contributed by atoms with Crippen LogP contribution in [0.5, 0.6) is 0 Å². The van der Waals surface area contributed by atoms with Crippen molar-refractivity contribution in [1.82, 2.24) is 15.1 Å². The number of anilines is 1. The van der Waals surface area contributed by atoms with Crippen molar-refractivity contribution >= 4 is 23.6 Å². The summed E-state index contributed by atoms with van der Waals surface area (Å²) >= 11 is 2.00. The van der Waals surface area contributed by atoms with Crippen molar-refractivity contribution in [1.29, 1.82) is 0 Å². The topological polar surface area (TPSA) is 59.0 Å². The maximum absolute atomic E-state index is 11.9. The zero-order valence-electron chi connectivity index (χ0n) is 11.6. The van der Waals surface area contributed by atoms with E-state index in [4.69, 9.17) is 0 Å². The van der Waals surface area contributed by atoms with E-state index in [1.165, 1.54) is 12.8 Å². The van der Waals surface area contributed by atoms with Crippen molar-refractivity contribution in [3.05, 3.63) is 12.3 Å². The molecule has 1 aliphatic carbocycles. The summed E-state index contributed by atoms with van der Waals surface area (Å²) in [7, 11) is 1.83. The van der Waals surface area contributed by atoms with Gasteiger partial charge in [-0.1, -0.05) is 13.3 Å². The van der Waals surface area contributed by atoms with Crippen LogP contribution in [0, 0.1) is 0 Å². The Morgan fingerprint density at radius 1 is 1.58 bits per heavy atom. The summed E-state index contributed by atoms with van der Waals surface area (Å²) in [5.41, 5.74) is 0. The number of aromatic nitrogens is 2. The first-order valence-electron chi connectivity index (χ1n) is 6.86. The third-order valence-corrected chi connectivity index (χ3v) is 4.55. The highest BCUT2D eigenvalue weighted by Crippen LogP contribution is 2.28. The standard InChI is InChI=1S/C13H22N4OS/c1-3-19-11-6-4-5-10(9-11)14-13(18)15-12-7-8-17(2)16-12/h7-8,10-11H,3-6,9H2,1-2H3,(H2,14,15,16,18)/t10-,11+/m0/s1. The van der Waals surface area contributed by atoms with Crippen molar-refractivity contribution in [2.75, 3.05) is 11.1 Å². The second kappa shape index (κ2) is 6.84. The van der Waals surface area contributed by atoms with Gasteiger partial charge in [0.25, 0.3) is 0 Å². The SMILES string of the molecule is CCS[C@@H]1CCC[C@H](NC(=O)Nc2ccn(C)n2)C1. The molecule has 106 valence electrons. The van der Waals surface area contributed by atoms with Gasteiger partial charge in [0.15, 0.2) is 5.82 Å². The molecule has 0 aromatic carbocycles. The minimum absolute atomic E-state index is 0.147. The Hall–Kier alpha value is -1.17. The molecule has 5 nitrogen and oxygen atoms in total. The molecule has 6 heteroatoms. The summed E-state index contributed by atoms with van der Waals surface area (Å²) in [6, 6.07) is 1.93. The second-order valence-corrected chi connectivity index (χ2v) is 6.49. The van der Waals surface area contributed by atoms with Gasteiger partial charge in [-0.25, -0.2) is 4.79 Å². The third kappa shape index (κ3) is 4.45. The van der Waals surface area contributed by atoms with Gasteiger partial charge in [0, 0.05) is 30.6 Å². The Bertz CT molecular complexity index is 419. The zero-order valence-corrected chi connectivity index (χ0v) is 12.4. The van der Waals surface area contributed by atoms with E-state index in [0.29, 0.717) is 17.1 Å². The number of hydrogen-bond donors (Lipinski definition) is 2. The lowest BCUT2D eigenvalue weighted by atomic mass is 9.95. The first-order chi connectivity index (χ1) is 9.17. The van der Waals surface area contributed by atoms with Crippen molar-refractivity contribution in [2.45, 2.75) is 43.9 Å². The third-order valence-electron chi connectivity index (χ3n) is 3.32. The van der Waals surface area contributed by atoms with Gasteiger partial charge in [0.1, 0.15) is 0 Å². The maximum atomic E-state index is 11.9. The summed E-state index contributed by atoms with van der Waals surface area (Å²) in [4.78, 5) is 11.9. The van der Waals surface area contributed by atoms with E-state index in [9.17, 15) is 4.79 Å². The fourth-order valence-corrected chi connectivity index (χ4v) is 3.66. The van der Waals surface area contributed by atoms with Crippen molar-refractivity contribution < 1.29 is 4.79 Å². The van der Waals surface area contributed by atoms with Gasteiger partial charge in [0.05, 0.1) is 0 Å². The summed E-state index contributed by atoms with van der Waals surface area (Å²) in [5, 5.41) is 10.6. The predicted molar refractivity (Wildman–Crippen MR) is 79.5 cm³/mol. The summed E-state index contributed by atoms with van der Waals surface area (Å²) < 4.78 is 1.67. The molecule has 1 fully saturated rings. The van der Waals surface area contributed by atoms with Gasteiger partial charge in [-0.05, 0) is 25.0 Å². The highest BCUT2D eigenvalue weighted by atomic mass is 32.2. The minimum Gasteiger partial charge on any atom is -0.335 e. The molecule has 2 amide bonds. The number of nitrogens with one attached hydrogen (secondary N) is 2. The molecule has 0 saturated heterocycles. The van der Waals surface area contributed by atoms with Gasteiger partial charge in [-0.3, -0.25) is 10.00 Å². The monoisotopic (exact) mass is 282 g/mol. The fraction of sp³-hybridized carbons (Fsp3) is 0.692. The van der Waals surface area contributed by atoms with Crippen LogP contribution in [0.1, 0.15) is 32.6 Å². The van der Waals surface area contributed by atoms with Gasteiger partial charge in [0.2, 0.25) is 0 Å². The fourth-order valence-electron chi connectivity index (χ4n) is 2.48. The van der Waals surface area contributed by atoms with E-state index in [-0.39, 0.29) is 6.03 Å². The van der Waals surface area contributed by atoms with Crippen molar-refractivity contribution in [3.8, 4) is 0 Å². The largest absolute Gasteiger partial charge is 0.335 e. The lowest BCUT2D eigenvalue weighted by Crippen LogP contribution is -2.41. The van der Waals surface area contributed by atoms with Crippen LogP contribution < -0.4 is 10.6 Å². The molecule has 2 rings (SSSR count). The zero-order chi connectivity index (χ0) is 13.7. The number of aryl methyl sites for hydroxylation is 1. The van der Waals surface area contributed by atoms with E-state index in [0.717, 1.165) is 18.6 Å². The Kier molecular flexibility index (Phi) is 5.13. The first kappa shape index (κ1) is 14.2. The van der Waals surface area contributed by atoms with Gasteiger partial charge < -0.3 is 5.32 Å². The molecule has 1 aromatic heterocycles. The van der Waals surface area contributed by atoms with E-state index < -0.39 is 0 Å². The quantitative estimate of drug-likeness (QED) is 0.892.